The summed E-state index contributed by atoms with van der Waals surface area (Å²) in [6, 6.07) is 10.9. The zero-order valence-corrected chi connectivity index (χ0v) is 25.7. The topological polar surface area (TPSA) is 91.8 Å². The van der Waals surface area contributed by atoms with Gasteiger partial charge in [-0.25, -0.2) is 9.18 Å². The van der Waals surface area contributed by atoms with Crippen LogP contribution in [0.1, 0.15) is 39.1 Å². The summed E-state index contributed by atoms with van der Waals surface area (Å²) in [5.41, 5.74) is 2.20. The summed E-state index contributed by atoms with van der Waals surface area (Å²) in [7, 11) is 0. The van der Waals surface area contributed by atoms with Crippen molar-refractivity contribution in [2.75, 3.05) is 42.8 Å². The van der Waals surface area contributed by atoms with E-state index >= 15 is 4.39 Å². The van der Waals surface area contributed by atoms with Gasteiger partial charge in [-0.05, 0) is 37.1 Å². The predicted molar refractivity (Wildman–Crippen MR) is 164 cm³/mol. The number of amides is 1. The second-order valence-electron chi connectivity index (χ2n) is 11.8. The molecule has 4 heterocycles. The standard InChI is InChI=1S/C32H28Cl2F3N3O6/c33-24-6-19(38-11-20(12-38)46-32(36)37)7-25(34)28(24)30(41)39-10-16-2-1-3-21(29(16)45-15-39)22-9-27(23(31(42)43)8-26(22)35)40-17-4-5-18(40)14-44-13-17/h1-3,6-9,17-18,20,32H,4-5,10-15H2,(H,42,43). The molecule has 1 N–H and O–H groups in total. The summed E-state index contributed by atoms with van der Waals surface area (Å²) in [6.07, 6.45) is 1.10. The molecule has 2 bridgehead atoms. The summed E-state index contributed by atoms with van der Waals surface area (Å²) >= 11 is 13.0. The number of nitrogens with zero attached hydrogens (tertiary/aromatic N) is 3. The third-order valence-corrected chi connectivity index (χ3v) is 9.58. The molecule has 0 radical (unpaired) electrons. The zero-order valence-electron chi connectivity index (χ0n) is 24.2. The molecule has 1 amide bonds. The Labute approximate surface area is 271 Å². The molecule has 4 aliphatic rings. The molecule has 3 aromatic rings. The van der Waals surface area contributed by atoms with Gasteiger partial charge >= 0.3 is 12.6 Å². The minimum Gasteiger partial charge on any atom is -0.478 e. The lowest BCUT2D eigenvalue weighted by molar-refractivity contribution is -0.167. The van der Waals surface area contributed by atoms with Gasteiger partial charge in [-0.1, -0.05) is 41.4 Å². The smallest absolute Gasteiger partial charge is 0.345 e. The number of carboxylic acid groups (broad SMARTS) is 1. The van der Waals surface area contributed by atoms with Crippen molar-refractivity contribution in [3.8, 4) is 16.9 Å². The number of aromatic carboxylic acids is 1. The van der Waals surface area contributed by atoms with Crippen LogP contribution in [0.4, 0.5) is 24.5 Å². The van der Waals surface area contributed by atoms with Crippen molar-refractivity contribution in [3.63, 3.8) is 0 Å². The van der Waals surface area contributed by atoms with Gasteiger partial charge in [0, 0.05) is 35.5 Å². The van der Waals surface area contributed by atoms with E-state index in [9.17, 15) is 23.5 Å². The summed E-state index contributed by atoms with van der Waals surface area (Å²) in [5, 5.41) is 10.1. The second-order valence-corrected chi connectivity index (χ2v) is 12.6. The molecule has 0 saturated carbocycles. The van der Waals surface area contributed by atoms with Gasteiger partial charge in [0.05, 0.1) is 64.8 Å². The van der Waals surface area contributed by atoms with Crippen molar-refractivity contribution in [2.45, 2.75) is 44.2 Å². The average Bonchev–Trinajstić information content (AvgIpc) is 3.24. The first-order chi connectivity index (χ1) is 22.1. The van der Waals surface area contributed by atoms with Gasteiger partial charge in [0.15, 0.2) is 6.73 Å². The van der Waals surface area contributed by atoms with Crippen molar-refractivity contribution in [3.05, 3.63) is 75.0 Å². The van der Waals surface area contributed by atoms with Crippen LogP contribution in [-0.4, -0.2) is 79.7 Å². The van der Waals surface area contributed by atoms with Crippen LogP contribution in [0, 0.1) is 5.82 Å². The number of benzene rings is 3. The van der Waals surface area contributed by atoms with Crippen molar-refractivity contribution in [1.29, 1.82) is 0 Å². The van der Waals surface area contributed by atoms with E-state index in [1.54, 1.807) is 41.3 Å². The lowest BCUT2D eigenvalue weighted by atomic mass is 9.96. The minimum absolute atomic E-state index is 0.00529. The van der Waals surface area contributed by atoms with Crippen LogP contribution in [0.5, 0.6) is 5.75 Å². The van der Waals surface area contributed by atoms with Gasteiger partial charge in [0.2, 0.25) is 0 Å². The fourth-order valence-electron chi connectivity index (χ4n) is 6.78. The number of morpholine rings is 1. The first-order valence-electron chi connectivity index (χ1n) is 14.7. The molecule has 9 nitrogen and oxygen atoms in total. The maximum atomic E-state index is 15.6. The number of para-hydroxylation sites is 1. The number of carbonyl (C=O) groups is 2. The summed E-state index contributed by atoms with van der Waals surface area (Å²) in [5.74, 6) is -2.02. The molecule has 3 fully saturated rings. The van der Waals surface area contributed by atoms with Crippen LogP contribution >= 0.6 is 23.2 Å². The van der Waals surface area contributed by atoms with Crippen LogP contribution < -0.4 is 14.5 Å². The quantitative estimate of drug-likeness (QED) is 0.312. The number of carboxylic acids is 1. The highest BCUT2D eigenvalue weighted by atomic mass is 35.5. The van der Waals surface area contributed by atoms with Gasteiger partial charge in [-0.3, -0.25) is 4.79 Å². The largest absolute Gasteiger partial charge is 0.478 e. The third kappa shape index (κ3) is 5.51. The van der Waals surface area contributed by atoms with Gasteiger partial charge in [0.1, 0.15) is 11.6 Å². The van der Waals surface area contributed by atoms with Gasteiger partial charge in [-0.15, -0.1) is 0 Å². The van der Waals surface area contributed by atoms with E-state index in [0.29, 0.717) is 41.5 Å². The van der Waals surface area contributed by atoms with Gasteiger partial charge < -0.3 is 34.0 Å². The molecule has 0 spiro atoms. The van der Waals surface area contributed by atoms with E-state index in [1.165, 1.54) is 4.90 Å². The number of hydrogen-bond acceptors (Lipinski definition) is 7. The normalized spacial score (nSPS) is 20.9. The maximum absolute atomic E-state index is 15.6. The molecule has 242 valence electrons. The minimum atomic E-state index is -2.86. The van der Waals surface area contributed by atoms with E-state index in [2.05, 4.69) is 4.74 Å². The van der Waals surface area contributed by atoms with E-state index in [-0.39, 0.29) is 65.2 Å². The molecule has 14 heteroatoms. The maximum Gasteiger partial charge on any atom is 0.345 e. The molecule has 0 aromatic heterocycles. The van der Waals surface area contributed by atoms with Crippen LogP contribution in [0.2, 0.25) is 10.0 Å². The lowest BCUT2D eigenvalue weighted by Gasteiger charge is -2.40. The van der Waals surface area contributed by atoms with E-state index < -0.39 is 30.4 Å². The third-order valence-electron chi connectivity index (χ3n) is 8.98. The number of ether oxygens (including phenoxy) is 3. The predicted octanol–water partition coefficient (Wildman–Crippen LogP) is 6.29. The van der Waals surface area contributed by atoms with E-state index in [0.717, 1.165) is 18.9 Å². The molecule has 2 unspecified atom stereocenters. The molecule has 3 saturated heterocycles. The summed E-state index contributed by atoms with van der Waals surface area (Å²) in [6.45, 7) is -1.50. The fraction of sp³-hybridized carbons (Fsp3) is 0.375. The SMILES string of the molecule is O=C(O)c1cc(F)c(-c2cccc3c2OCN(C(=O)c2c(Cl)cc(N4CC(OC(F)F)C4)cc2Cl)C3)cc1N1C2CCC1COC2. The number of rotatable bonds is 7. The van der Waals surface area contributed by atoms with E-state index in [4.69, 9.17) is 32.7 Å². The highest BCUT2D eigenvalue weighted by Gasteiger charge is 2.40. The zero-order chi connectivity index (χ0) is 32.3. The van der Waals surface area contributed by atoms with Crippen molar-refractivity contribution in [1.82, 2.24) is 4.90 Å². The molecule has 3 aromatic carbocycles. The van der Waals surface area contributed by atoms with E-state index in [1.807, 2.05) is 4.90 Å². The van der Waals surface area contributed by atoms with Gasteiger partial charge in [-0.2, -0.15) is 8.78 Å². The summed E-state index contributed by atoms with van der Waals surface area (Å²) < 4.78 is 56.8. The van der Waals surface area contributed by atoms with Crippen LogP contribution in [0.15, 0.2) is 42.5 Å². The Kier molecular flexibility index (Phi) is 8.16. The highest BCUT2D eigenvalue weighted by Crippen LogP contribution is 2.43. The molecule has 0 aliphatic carbocycles. The van der Waals surface area contributed by atoms with Crippen LogP contribution in [-0.2, 0) is 16.0 Å². The summed E-state index contributed by atoms with van der Waals surface area (Å²) in [4.78, 5) is 31.0. The Morgan fingerprint density at radius 2 is 1.70 bits per heavy atom. The van der Waals surface area contributed by atoms with Crippen LogP contribution in [0.3, 0.4) is 0 Å². The Morgan fingerprint density at radius 1 is 1.00 bits per heavy atom. The first-order valence-corrected chi connectivity index (χ1v) is 15.5. The van der Waals surface area contributed by atoms with Crippen molar-refractivity contribution >= 4 is 46.5 Å². The molecule has 46 heavy (non-hydrogen) atoms. The second kappa shape index (κ2) is 12.1. The Bertz CT molecular complexity index is 1680. The Hall–Kier alpha value is -3.71. The molecule has 2 atom stereocenters. The van der Waals surface area contributed by atoms with Gasteiger partial charge in [0.25, 0.3) is 5.91 Å². The molecule has 4 aliphatic heterocycles. The van der Waals surface area contributed by atoms with Crippen molar-refractivity contribution in [2.24, 2.45) is 0 Å². The van der Waals surface area contributed by atoms with Crippen molar-refractivity contribution < 1.29 is 42.1 Å². The number of anilines is 2. The Balaban J connectivity index is 1.14. The molecular formula is C32H28Cl2F3N3O6. The number of halogens is 5. The number of fused-ring (bicyclic) bond motifs is 3. The number of alkyl halides is 2. The molecule has 7 rings (SSSR count). The fourth-order valence-corrected chi connectivity index (χ4v) is 7.41. The Morgan fingerprint density at radius 3 is 2.35 bits per heavy atom. The van der Waals surface area contributed by atoms with Crippen LogP contribution in [0.25, 0.3) is 11.1 Å². The lowest BCUT2D eigenvalue weighted by Crippen LogP contribution is -2.53. The molecular weight excluding hydrogens is 650 g/mol. The average molecular weight is 678 g/mol. The number of carbonyl (C=O) groups excluding carboxylic acids is 1. The monoisotopic (exact) mass is 677 g/mol. The first kappa shape index (κ1) is 30.9. The number of hydrogen-bond donors (Lipinski definition) is 1. The highest BCUT2D eigenvalue weighted by molar-refractivity contribution is 6.40.